The molecule has 5 nitrogen and oxygen atoms in total. The second-order valence-corrected chi connectivity index (χ2v) is 6.03. The van der Waals surface area contributed by atoms with Crippen molar-refractivity contribution in [3.63, 3.8) is 0 Å². The van der Waals surface area contributed by atoms with Crippen LogP contribution in [0.5, 0.6) is 11.5 Å². The van der Waals surface area contributed by atoms with Crippen molar-refractivity contribution >= 4 is 21.9 Å². The van der Waals surface area contributed by atoms with Crippen LogP contribution in [0.4, 0.5) is 0 Å². The van der Waals surface area contributed by atoms with Gasteiger partial charge in [0.25, 0.3) is 0 Å². The second-order valence-electron chi connectivity index (χ2n) is 5.18. The van der Waals surface area contributed by atoms with E-state index in [9.17, 15) is 9.90 Å². The van der Waals surface area contributed by atoms with Gasteiger partial charge in [0.2, 0.25) is 0 Å². The quantitative estimate of drug-likeness (QED) is 0.810. The van der Waals surface area contributed by atoms with Crippen LogP contribution in [0.15, 0.2) is 16.6 Å². The number of hydrogen-bond acceptors (Lipinski definition) is 4. The first-order chi connectivity index (χ1) is 9.77. The van der Waals surface area contributed by atoms with Crippen LogP contribution in [0.3, 0.4) is 0 Å². The third kappa shape index (κ3) is 3.89. The highest BCUT2D eigenvalue weighted by Crippen LogP contribution is 2.34. The summed E-state index contributed by atoms with van der Waals surface area (Å²) in [6.45, 7) is 6.47. The maximum atomic E-state index is 11.4. The summed E-state index contributed by atoms with van der Waals surface area (Å²) in [5, 5.41) is 9.37. The van der Waals surface area contributed by atoms with E-state index in [1.54, 1.807) is 28.1 Å². The van der Waals surface area contributed by atoms with Crippen LogP contribution in [0.25, 0.3) is 0 Å². The van der Waals surface area contributed by atoms with E-state index in [0.717, 1.165) is 10.0 Å². The van der Waals surface area contributed by atoms with Crippen LogP contribution < -0.4 is 9.47 Å². The molecule has 0 fully saturated rings. The summed E-state index contributed by atoms with van der Waals surface area (Å²) in [7, 11) is 3.16. The Morgan fingerprint density at radius 3 is 2.24 bits per heavy atom. The lowest BCUT2D eigenvalue weighted by atomic mass is 10.0. The van der Waals surface area contributed by atoms with Gasteiger partial charge in [-0.1, -0.05) is 22.9 Å². The van der Waals surface area contributed by atoms with Crippen molar-refractivity contribution in [1.29, 1.82) is 0 Å². The van der Waals surface area contributed by atoms with E-state index >= 15 is 0 Å². The maximum Gasteiger partial charge on any atom is 0.323 e. The number of ether oxygens (including phenoxy) is 2. The van der Waals surface area contributed by atoms with E-state index in [4.69, 9.17) is 9.47 Å². The van der Waals surface area contributed by atoms with Gasteiger partial charge in [0.05, 0.1) is 14.2 Å². The van der Waals surface area contributed by atoms with E-state index in [-0.39, 0.29) is 0 Å². The smallest absolute Gasteiger partial charge is 0.323 e. The third-order valence-electron chi connectivity index (χ3n) is 3.61. The fourth-order valence-electron chi connectivity index (χ4n) is 2.06. The number of halogens is 1. The number of benzene rings is 1. The fourth-order valence-corrected chi connectivity index (χ4v) is 2.51. The third-order valence-corrected chi connectivity index (χ3v) is 4.35. The molecule has 0 aliphatic carbocycles. The number of hydrogen-bond donors (Lipinski definition) is 1. The largest absolute Gasteiger partial charge is 0.493 e. The van der Waals surface area contributed by atoms with Crippen LogP contribution in [0.1, 0.15) is 26.3 Å². The Labute approximate surface area is 134 Å². The average Bonchev–Trinajstić information content (AvgIpc) is 2.44. The first-order valence-corrected chi connectivity index (χ1v) is 7.46. The Bertz CT molecular complexity index is 517. The molecule has 0 bridgehead atoms. The molecule has 0 saturated heterocycles. The average molecular weight is 360 g/mol. The number of carboxylic acids is 1. The molecule has 0 spiro atoms. The lowest BCUT2D eigenvalue weighted by Crippen LogP contribution is -2.49. The number of aliphatic carboxylic acids is 1. The molecular formula is C15H22BrNO4. The van der Waals surface area contributed by atoms with E-state index in [0.29, 0.717) is 24.6 Å². The minimum atomic E-state index is -0.943. The summed E-state index contributed by atoms with van der Waals surface area (Å²) in [4.78, 5) is 13.3. The Morgan fingerprint density at radius 1 is 1.29 bits per heavy atom. The van der Waals surface area contributed by atoms with Crippen LogP contribution in [-0.4, -0.2) is 42.3 Å². The minimum Gasteiger partial charge on any atom is -0.493 e. The van der Waals surface area contributed by atoms with Gasteiger partial charge in [0, 0.05) is 11.0 Å². The zero-order valence-corrected chi connectivity index (χ0v) is 14.7. The summed E-state index contributed by atoms with van der Waals surface area (Å²) < 4.78 is 11.4. The fraction of sp³-hybridized carbons (Fsp3) is 0.533. The van der Waals surface area contributed by atoms with Crippen LogP contribution in [-0.2, 0) is 11.3 Å². The van der Waals surface area contributed by atoms with Crippen molar-refractivity contribution < 1.29 is 19.4 Å². The molecule has 1 aromatic rings. The van der Waals surface area contributed by atoms with E-state index in [2.05, 4.69) is 15.9 Å². The number of carbonyl (C=O) groups is 1. The summed E-state index contributed by atoms with van der Waals surface area (Å²) in [5.41, 5.74) is 0.00488. The zero-order valence-electron chi connectivity index (χ0n) is 13.1. The van der Waals surface area contributed by atoms with Gasteiger partial charge in [-0.25, -0.2) is 0 Å². The molecule has 1 N–H and O–H groups in total. The predicted octanol–water partition coefficient (Wildman–Crippen LogP) is 3.15. The van der Waals surface area contributed by atoms with Gasteiger partial charge in [0.1, 0.15) is 5.54 Å². The molecule has 0 saturated carbocycles. The highest BCUT2D eigenvalue weighted by atomic mass is 79.9. The number of carboxylic acid groups (broad SMARTS) is 1. The normalized spacial score (nSPS) is 11.6. The van der Waals surface area contributed by atoms with Crippen molar-refractivity contribution in [2.45, 2.75) is 32.9 Å². The standard InChI is InChI=1S/C15H22BrNO4/c1-6-17(15(2,3)14(18)19)9-10-7-12(20-4)13(21-5)8-11(10)16/h7-8H,6,9H2,1-5H3,(H,18,19). The number of likely N-dealkylation sites (N-methyl/N-ethyl adjacent to an activating group) is 1. The maximum absolute atomic E-state index is 11.4. The molecule has 6 heteroatoms. The molecule has 21 heavy (non-hydrogen) atoms. The molecule has 0 unspecified atom stereocenters. The van der Waals surface area contributed by atoms with Crippen LogP contribution in [0.2, 0.25) is 0 Å². The van der Waals surface area contributed by atoms with Crippen molar-refractivity contribution in [1.82, 2.24) is 4.90 Å². The molecule has 0 aliphatic heterocycles. The molecule has 0 aliphatic rings. The van der Waals surface area contributed by atoms with Gasteiger partial charge in [0.15, 0.2) is 11.5 Å². The Balaban J connectivity index is 3.14. The monoisotopic (exact) mass is 359 g/mol. The van der Waals surface area contributed by atoms with Gasteiger partial charge in [-0.15, -0.1) is 0 Å². The van der Waals surface area contributed by atoms with Gasteiger partial charge in [-0.3, -0.25) is 9.69 Å². The molecular weight excluding hydrogens is 338 g/mol. The molecule has 0 heterocycles. The van der Waals surface area contributed by atoms with E-state index in [1.165, 1.54) is 0 Å². The van der Waals surface area contributed by atoms with Gasteiger partial charge < -0.3 is 14.6 Å². The second kappa shape index (κ2) is 7.13. The van der Waals surface area contributed by atoms with Crippen molar-refractivity contribution in [2.75, 3.05) is 20.8 Å². The van der Waals surface area contributed by atoms with Crippen LogP contribution in [0, 0.1) is 0 Å². The van der Waals surface area contributed by atoms with Crippen molar-refractivity contribution in [3.05, 3.63) is 22.2 Å². The molecule has 0 radical (unpaired) electrons. The molecule has 0 amide bonds. The van der Waals surface area contributed by atoms with Gasteiger partial charge >= 0.3 is 5.97 Å². The highest BCUT2D eigenvalue weighted by Gasteiger charge is 2.33. The zero-order chi connectivity index (χ0) is 16.2. The number of rotatable bonds is 7. The topological polar surface area (TPSA) is 59.0 Å². The van der Waals surface area contributed by atoms with Crippen molar-refractivity contribution in [2.24, 2.45) is 0 Å². The van der Waals surface area contributed by atoms with E-state index < -0.39 is 11.5 Å². The summed E-state index contributed by atoms with van der Waals surface area (Å²) in [6, 6.07) is 3.69. The Hall–Kier alpha value is -1.27. The molecule has 118 valence electrons. The number of nitrogens with zero attached hydrogens (tertiary/aromatic N) is 1. The molecule has 1 rings (SSSR count). The van der Waals surface area contributed by atoms with Crippen LogP contribution >= 0.6 is 15.9 Å². The number of methoxy groups -OCH3 is 2. The summed E-state index contributed by atoms with van der Waals surface area (Å²) in [6.07, 6.45) is 0. The van der Waals surface area contributed by atoms with Crippen molar-refractivity contribution in [3.8, 4) is 11.5 Å². The molecule has 1 aromatic carbocycles. The van der Waals surface area contributed by atoms with E-state index in [1.807, 2.05) is 24.0 Å². The molecule has 0 aromatic heterocycles. The van der Waals surface area contributed by atoms with Gasteiger partial charge in [-0.05, 0) is 38.1 Å². The lowest BCUT2D eigenvalue weighted by molar-refractivity contribution is -0.149. The lowest BCUT2D eigenvalue weighted by Gasteiger charge is -2.34. The predicted molar refractivity (Wildman–Crippen MR) is 85.0 cm³/mol. The summed E-state index contributed by atoms with van der Waals surface area (Å²) in [5.74, 6) is 0.412. The first kappa shape index (κ1) is 17.8. The highest BCUT2D eigenvalue weighted by molar-refractivity contribution is 9.10. The first-order valence-electron chi connectivity index (χ1n) is 6.66. The Morgan fingerprint density at radius 2 is 1.81 bits per heavy atom. The SMILES string of the molecule is CCN(Cc1cc(OC)c(OC)cc1Br)C(C)(C)C(=O)O. The van der Waals surface area contributed by atoms with Gasteiger partial charge in [-0.2, -0.15) is 0 Å². The Kier molecular flexibility index (Phi) is 6.04. The minimum absolute atomic E-state index is 0.497. The molecule has 0 atom stereocenters. The summed E-state index contributed by atoms with van der Waals surface area (Å²) >= 11 is 3.50.